The number of carboxylic acid groups (broad SMARTS) is 1. The first-order valence-corrected chi connectivity index (χ1v) is 14.2. The van der Waals surface area contributed by atoms with E-state index in [1.807, 2.05) is 42.5 Å². The van der Waals surface area contributed by atoms with Gasteiger partial charge in [-0.05, 0) is 73.0 Å². The fraction of sp³-hybridized carbons (Fsp3) is 0.161. The lowest BCUT2D eigenvalue weighted by molar-refractivity contribution is 0.0684. The van der Waals surface area contributed by atoms with E-state index in [1.165, 1.54) is 11.3 Å². The fourth-order valence-electron chi connectivity index (χ4n) is 4.78. The third-order valence-corrected chi connectivity index (χ3v) is 7.75. The zero-order valence-corrected chi connectivity index (χ0v) is 23.3. The lowest BCUT2D eigenvalue weighted by Crippen LogP contribution is -2.38. The molecule has 0 spiro atoms. The molecular formula is C31H27N5O5S. The summed E-state index contributed by atoms with van der Waals surface area (Å²) in [6, 6.07) is 23.5. The quantitative estimate of drug-likeness (QED) is 0.148. The van der Waals surface area contributed by atoms with Gasteiger partial charge in [0.15, 0.2) is 16.6 Å². The van der Waals surface area contributed by atoms with Crippen LogP contribution in [0, 0.1) is 0 Å². The Labute approximate surface area is 245 Å². The normalized spacial score (nSPS) is 12.5. The van der Waals surface area contributed by atoms with Crippen molar-refractivity contribution in [2.45, 2.75) is 12.8 Å². The second kappa shape index (κ2) is 11.8. The highest BCUT2D eigenvalue weighted by atomic mass is 32.1. The first-order chi connectivity index (χ1) is 20.4. The molecule has 2 amide bonds. The molecule has 3 aromatic carbocycles. The number of hydrogen-bond donors (Lipinski definition) is 3. The summed E-state index contributed by atoms with van der Waals surface area (Å²) in [7, 11) is 0. The molecule has 0 saturated carbocycles. The van der Waals surface area contributed by atoms with E-state index in [0.717, 1.165) is 34.3 Å². The summed E-state index contributed by atoms with van der Waals surface area (Å²) in [5.41, 5.74) is 9.89. The Kier molecular flexibility index (Phi) is 7.56. The molecular weight excluding hydrogens is 554 g/mol. The number of nitrogen functional groups attached to an aromatic ring is 1. The number of benzene rings is 3. The molecule has 4 N–H and O–H groups in total. The van der Waals surface area contributed by atoms with Crippen LogP contribution in [-0.4, -0.2) is 46.8 Å². The molecule has 3 heterocycles. The van der Waals surface area contributed by atoms with Gasteiger partial charge in [-0.2, -0.15) is 0 Å². The van der Waals surface area contributed by atoms with Crippen molar-refractivity contribution < 1.29 is 24.2 Å². The molecule has 0 bridgehead atoms. The van der Waals surface area contributed by atoms with Crippen LogP contribution in [0.15, 0.2) is 78.9 Å². The number of thiazole rings is 1. The summed E-state index contributed by atoms with van der Waals surface area (Å²) in [5, 5.41) is 13.3. The van der Waals surface area contributed by atoms with Gasteiger partial charge in [0.2, 0.25) is 0 Å². The zero-order chi connectivity index (χ0) is 29.1. The SMILES string of the molecule is Nc1ccc(OCCOc2ccc(-c3ccc4c(c3)N(C(=O)Nc3nc5ccccc5s3)CCC4)nc2C(=O)O)cc1. The average molecular weight is 582 g/mol. The third-order valence-electron chi connectivity index (χ3n) is 6.80. The molecule has 0 fully saturated rings. The van der Waals surface area contributed by atoms with Crippen LogP contribution in [0.3, 0.4) is 0 Å². The minimum atomic E-state index is -1.21. The summed E-state index contributed by atoms with van der Waals surface area (Å²) in [6.45, 7) is 0.889. The number of carbonyl (C=O) groups excluding carboxylic acids is 1. The van der Waals surface area contributed by atoms with E-state index in [1.54, 1.807) is 41.3 Å². The Bertz CT molecular complexity index is 1740. The fourth-order valence-corrected chi connectivity index (χ4v) is 5.64. The second-order valence-corrected chi connectivity index (χ2v) is 10.7. The number of fused-ring (bicyclic) bond motifs is 2. The molecule has 10 nitrogen and oxygen atoms in total. The largest absolute Gasteiger partial charge is 0.490 e. The van der Waals surface area contributed by atoms with Gasteiger partial charge in [0.25, 0.3) is 0 Å². The highest BCUT2D eigenvalue weighted by Crippen LogP contribution is 2.34. The lowest BCUT2D eigenvalue weighted by atomic mass is 9.98. The maximum absolute atomic E-state index is 13.3. The number of anilines is 3. The first-order valence-electron chi connectivity index (χ1n) is 13.4. The molecule has 5 aromatic rings. The van der Waals surface area contributed by atoms with Crippen LogP contribution in [0.4, 0.5) is 21.3 Å². The second-order valence-electron chi connectivity index (χ2n) is 9.63. The average Bonchev–Trinajstić information content (AvgIpc) is 3.42. The summed E-state index contributed by atoms with van der Waals surface area (Å²) in [4.78, 5) is 36.0. The number of pyridine rings is 1. The number of nitrogens with zero attached hydrogens (tertiary/aromatic N) is 3. The summed E-state index contributed by atoms with van der Waals surface area (Å²) >= 11 is 1.42. The number of aryl methyl sites for hydroxylation is 1. The molecule has 42 heavy (non-hydrogen) atoms. The van der Waals surface area contributed by atoms with E-state index in [4.69, 9.17) is 15.2 Å². The van der Waals surface area contributed by atoms with E-state index in [0.29, 0.717) is 34.4 Å². The van der Waals surface area contributed by atoms with Crippen molar-refractivity contribution in [2.24, 2.45) is 0 Å². The van der Waals surface area contributed by atoms with Crippen LogP contribution in [0.2, 0.25) is 0 Å². The molecule has 0 radical (unpaired) electrons. The molecule has 0 atom stereocenters. The molecule has 0 unspecified atom stereocenters. The van der Waals surface area contributed by atoms with Crippen LogP contribution < -0.4 is 25.4 Å². The maximum atomic E-state index is 13.3. The summed E-state index contributed by atoms with van der Waals surface area (Å²) in [6.07, 6.45) is 1.66. The van der Waals surface area contributed by atoms with Crippen LogP contribution >= 0.6 is 11.3 Å². The highest BCUT2D eigenvalue weighted by Gasteiger charge is 2.25. The Morgan fingerprint density at radius 3 is 2.60 bits per heavy atom. The van der Waals surface area contributed by atoms with Crippen LogP contribution in [0.5, 0.6) is 11.5 Å². The molecule has 6 rings (SSSR count). The van der Waals surface area contributed by atoms with Gasteiger partial charge in [-0.1, -0.05) is 35.6 Å². The third kappa shape index (κ3) is 5.81. The van der Waals surface area contributed by atoms with Gasteiger partial charge in [-0.3, -0.25) is 10.2 Å². The molecule has 11 heteroatoms. The van der Waals surface area contributed by atoms with Gasteiger partial charge in [0.05, 0.1) is 15.9 Å². The van der Waals surface area contributed by atoms with Gasteiger partial charge in [0, 0.05) is 23.5 Å². The Morgan fingerprint density at radius 1 is 0.976 bits per heavy atom. The topological polar surface area (TPSA) is 140 Å². The van der Waals surface area contributed by atoms with E-state index in [9.17, 15) is 14.7 Å². The number of ether oxygens (including phenoxy) is 2. The number of amides is 2. The number of hydrogen-bond acceptors (Lipinski definition) is 8. The molecule has 0 aliphatic carbocycles. The number of rotatable bonds is 8. The Hall–Kier alpha value is -5.16. The predicted molar refractivity (Wildman–Crippen MR) is 163 cm³/mol. The van der Waals surface area contributed by atoms with Crippen LogP contribution in [-0.2, 0) is 6.42 Å². The number of para-hydroxylation sites is 1. The smallest absolute Gasteiger partial charge is 0.358 e. The minimum Gasteiger partial charge on any atom is -0.490 e. The van der Waals surface area contributed by atoms with Crippen molar-refractivity contribution in [3.8, 4) is 22.8 Å². The number of urea groups is 1. The van der Waals surface area contributed by atoms with Crippen molar-refractivity contribution in [1.29, 1.82) is 0 Å². The number of nitrogens with two attached hydrogens (primary N) is 1. The van der Waals surface area contributed by atoms with Gasteiger partial charge < -0.3 is 20.3 Å². The van der Waals surface area contributed by atoms with Crippen molar-refractivity contribution in [3.63, 3.8) is 0 Å². The number of carbonyl (C=O) groups is 2. The molecule has 212 valence electrons. The molecule has 1 aliphatic rings. The predicted octanol–water partition coefficient (Wildman–Crippen LogP) is 6.08. The van der Waals surface area contributed by atoms with Gasteiger partial charge in [0.1, 0.15) is 19.0 Å². The summed E-state index contributed by atoms with van der Waals surface area (Å²) < 4.78 is 12.3. The summed E-state index contributed by atoms with van der Waals surface area (Å²) in [5.74, 6) is -0.432. The Balaban J connectivity index is 1.18. The van der Waals surface area contributed by atoms with Gasteiger partial charge >= 0.3 is 12.0 Å². The van der Waals surface area contributed by atoms with Crippen molar-refractivity contribution >= 4 is 50.1 Å². The van der Waals surface area contributed by atoms with E-state index < -0.39 is 5.97 Å². The monoisotopic (exact) mass is 581 g/mol. The van der Waals surface area contributed by atoms with Crippen molar-refractivity contribution in [3.05, 3.63) is 90.1 Å². The van der Waals surface area contributed by atoms with Crippen LogP contribution in [0.25, 0.3) is 21.5 Å². The molecule has 1 aliphatic heterocycles. The lowest BCUT2D eigenvalue weighted by Gasteiger charge is -2.29. The van der Waals surface area contributed by atoms with Gasteiger partial charge in [-0.15, -0.1) is 0 Å². The maximum Gasteiger partial charge on any atom is 0.358 e. The van der Waals surface area contributed by atoms with Crippen molar-refractivity contribution in [1.82, 2.24) is 9.97 Å². The van der Waals surface area contributed by atoms with Crippen molar-refractivity contribution in [2.75, 3.05) is 35.7 Å². The van der Waals surface area contributed by atoms with E-state index in [2.05, 4.69) is 15.3 Å². The highest BCUT2D eigenvalue weighted by molar-refractivity contribution is 7.22. The number of aromatic carboxylic acids is 1. The molecule has 0 saturated heterocycles. The molecule has 2 aromatic heterocycles. The van der Waals surface area contributed by atoms with E-state index >= 15 is 0 Å². The Morgan fingerprint density at radius 2 is 1.79 bits per heavy atom. The standard InChI is InChI=1S/C31H27N5O5S/c32-21-9-11-22(12-10-21)40-16-17-41-26-14-13-23(33-28(26)29(37)38)20-8-7-19-4-3-15-36(25(19)18-20)31(39)35-30-34-24-5-1-2-6-27(24)42-30/h1-2,5-14,18H,3-4,15-17,32H2,(H,37,38)(H,34,35,39). The zero-order valence-electron chi connectivity index (χ0n) is 22.4. The first kappa shape index (κ1) is 27.0. The minimum absolute atomic E-state index is 0.128. The van der Waals surface area contributed by atoms with Crippen LogP contribution in [0.1, 0.15) is 22.5 Å². The van der Waals surface area contributed by atoms with E-state index in [-0.39, 0.29) is 30.7 Å². The number of aromatic nitrogens is 2. The number of nitrogens with one attached hydrogen (secondary N) is 1. The van der Waals surface area contributed by atoms with Gasteiger partial charge in [-0.25, -0.2) is 19.6 Å². The number of carboxylic acids is 1.